The summed E-state index contributed by atoms with van der Waals surface area (Å²) in [5, 5.41) is 0. The van der Waals surface area contributed by atoms with Gasteiger partial charge in [-0.15, -0.1) is 0 Å². The van der Waals surface area contributed by atoms with Crippen molar-refractivity contribution < 1.29 is 13.2 Å². The first-order valence-corrected chi connectivity index (χ1v) is 8.26. The Morgan fingerprint density at radius 3 is 2.30 bits per heavy atom. The molecule has 23 heavy (non-hydrogen) atoms. The molecule has 0 radical (unpaired) electrons. The molecule has 2 rings (SSSR count). The fraction of sp³-hybridized carbons (Fsp3) is 0.647. The SMILES string of the molecule is CCC1CN(CC)CCN1C(CN)c1ccc(C(F)(F)F)cc1. The summed E-state index contributed by atoms with van der Waals surface area (Å²) in [6.07, 6.45) is -3.29. The van der Waals surface area contributed by atoms with Crippen LogP contribution in [0.3, 0.4) is 0 Å². The predicted octanol–water partition coefficient (Wildman–Crippen LogP) is 3.12. The summed E-state index contributed by atoms with van der Waals surface area (Å²) in [5.41, 5.74) is 6.22. The molecule has 3 nitrogen and oxygen atoms in total. The molecule has 1 aromatic carbocycles. The smallest absolute Gasteiger partial charge is 0.329 e. The van der Waals surface area contributed by atoms with E-state index in [-0.39, 0.29) is 6.04 Å². The Balaban J connectivity index is 2.18. The van der Waals surface area contributed by atoms with Crippen molar-refractivity contribution in [2.45, 2.75) is 38.5 Å². The van der Waals surface area contributed by atoms with Crippen molar-refractivity contribution in [3.05, 3.63) is 35.4 Å². The highest BCUT2D eigenvalue weighted by atomic mass is 19.4. The second kappa shape index (κ2) is 7.64. The maximum atomic E-state index is 12.7. The molecule has 1 saturated heterocycles. The molecule has 1 aromatic rings. The van der Waals surface area contributed by atoms with Gasteiger partial charge in [-0.2, -0.15) is 13.2 Å². The summed E-state index contributed by atoms with van der Waals surface area (Å²) < 4.78 is 38.1. The van der Waals surface area contributed by atoms with E-state index < -0.39 is 11.7 Å². The largest absolute Gasteiger partial charge is 0.416 e. The van der Waals surface area contributed by atoms with E-state index in [0.29, 0.717) is 12.6 Å². The van der Waals surface area contributed by atoms with Crippen LogP contribution in [0, 0.1) is 0 Å². The van der Waals surface area contributed by atoms with Crippen LogP contribution in [0.5, 0.6) is 0 Å². The van der Waals surface area contributed by atoms with Gasteiger partial charge in [-0.25, -0.2) is 0 Å². The molecule has 0 spiro atoms. The zero-order valence-electron chi connectivity index (χ0n) is 13.8. The van der Waals surface area contributed by atoms with Crippen molar-refractivity contribution in [3.63, 3.8) is 0 Å². The van der Waals surface area contributed by atoms with Crippen LogP contribution in [0.2, 0.25) is 0 Å². The number of nitrogens with two attached hydrogens (primary N) is 1. The van der Waals surface area contributed by atoms with Gasteiger partial charge in [0.15, 0.2) is 0 Å². The quantitative estimate of drug-likeness (QED) is 0.901. The van der Waals surface area contributed by atoms with Crippen molar-refractivity contribution in [2.75, 3.05) is 32.7 Å². The van der Waals surface area contributed by atoms with Gasteiger partial charge in [-0.05, 0) is 30.7 Å². The first-order valence-electron chi connectivity index (χ1n) is 8.26. The van der Waals surface area contributed by atoms with E-state index in [4.69, 9.17) is 5.73 Å². The lowest BCUT2D eigenvalue weighted by atomic mass is 9.99. The molecule has 1 heterocycles. The topological polar surface area (TPSA) is 32.5 Å². The van der Waals surface area contributed by atoms with Gasteiger partial charge >= 0.3 is 6.18 Å². The van der Waals surface area contributed by atoms with Crippen LogP contribution in [0.25, 0.3) is 0 Å². The summed E-state index contributed by atoms with van der Waals surface area (Å²) in [7, 11) is 0. The number of benzene rings is 1. The number of halogens is 3. The van der Waals surface area contributed by atoms with Gasteiger partial charge in [0, 0.05) is 38.3 Å². The first kappa shape index (κ1) is 18.2. The second-order valence-corrected chi connectivity index (χ2v) is 6.06. The molecule has 0 aliphatic carbocycles. The van der Waals surface area contributed by atoms with Crippen LogP contribution in [0.1, 0.15) is 37.4 Å². The van der Waals surface area contributed by atoms with Gasteiger partial charge < -0.3 is 10.6 Å². The summed E-state index contributed by atoms with van der Waals surface area (Å²) in [6, 6.07) is 5.81. The maximum absolute atomic E-state index is 12.7. The maximum Gasteiger partial charge on any atom is 0.416 e. The lowest BCUT2D eigenvalue weighted by molar-refractivity contribution is -0.137. The van der Waals surface area contributed by atoms with Crippen molar-refractivity contribution >= 4 is 0 Å². The molecular weight excluding hydrogens is 303 g/mol. The minimum Gasteiger partial charge on any atom is -0.329 e. The molecule has 0 amide bonds. The normalized spacial score (nSPS) is 22.3. The zero-order valence-corrected chi connectivity index (χ0v) is 13.8. The standard InChI is InChI=1S/C17H26F3N3/c1-3-15-12-22(4-2)9-10-23(15)16(11-21)13-5-7-14(8-6-13)17(18,19)20/h5-8,15-16H,3-4,9-12,21H2,1-2H3. The van der Waals surface area contributed by atoms with Crippen LogP contribution in [0.4, 0.5) is 13.2 Å². The Hall–Kier alpha value is -1.11. The van der Waals surface area contributed by atoms with Crippen molar-refractivity contribution in [1.82, 2.24) is 9.80 Å². The zero-order chi connectivity index (χ0) is 17.0. The molecule has 6 heteroatoms. The molecule has 0 bridgehead atoms. The Bertz CT molecular complexity index is 487. The third-order valence-corrected chi connectivity index (χ3v) is 4.78. The summed E-state index contributed by atoms with van der Waals surface area (Å²) >= 11 is 0. The number of rotatable bonds is 5. The fourth-order valence-electron chi connectivity index (χ4n) is 3.35. The first-order chi connectivity index (χ1) is 10.9. The highest BCUT2D eigenvalue weighted by Gasteiger charge is 2.33. The van der Waals surface area contributed by atoms with E-state index in [9.17, 15) is 13.2 Å². The van der Waals surface area contributed by atoms with E-state index in [1.54, 1.807) is 12.1 Å². The predicted molar refractivity (Wildman–Crippen MR) is 86.1 cm³/mol. The van der Waals surface area contributed by atoms with E-state index in [1.807, 2.05) is 0 Å². The fourth-order valence-corrected chi connectivity index (χ4v) is 3.35. The van der Waals surface area contributed by atoms with E-state index in [2.05, 4.69) is 23.6 Å². The number of piperazine rings is 1. The molecule has 0 aromatic heterocycles. The summed E-state index contributed by atoms with van der Waals surface area (Å²) in [4.78, 5) is 4.76. The third kappa shape index (κ3) is 4.25. The molecule has 1 aliphatic rings. The molecule has 1 fully saturated rings. The molecular formula is C17H26F3N3. The second-order valence-electron chi connectivity index (χ2n) is 6.06. The van der Waals surface area contributed by atoms with Crippen LogP contribution < -0.4 is 5.73 Å². The average molecular weight is 329 g/mol. The molecule has 130 valence electrons. The number of nitrogens with zero attached hydrogens (tertiary/aromatic N) is 2. The monoisotopic (exact) mass is 329 g/mol. The van der Waals surface area contributed by atoms with Gasteiger partial charge in [0.05, 0.1) is 5.56 Å². The summed E-state index contributed by atoms with van der Waals surface area (Å²) in [5.74, 6) is 0. The average Bonchev–Trinajstić information content (AvgIpc) is 2.55. The van der Waals surface area contributed by atoms with Crippen LogP contribution >= 0.6 is 0 Å². The Morgan fingerprint density at radius 1 is 1.17 bits per heavy atom. The van der Waals surface area contributed by atoms with Gasteiger partial charge in [-0.1, -0.05) is 26.0 Å². The minimum atomic E-state index is -4.30. The highest BCUT2D eigenvalue weighted by molar-refractivity contribution is 5.27. The molecule has 2 unspecified atom stereocenters. The van der Waals surface area contributed by atoms with Gasteiger partial charge in [-0.3, -0.25) is 4.90 Å². The van der Waals surface area contributed by atoms with Gasteiger partial charge in [0.25, 0.3) is 0 Å². The number of likely N-dealkylation sites (N-methyl/N-ethyl adjacent to an activating group) is 1. The van der Waals surface area contributed by atoms with Crippen molar-refractivity contribution in [3.8, 4) is 0 Å². The van der Waals surface area contributed by atoms with Crippen LogP contribution in [0.15, 0.2) is 24.3 Å². The van der Waals surface area contributed by atoms with Crippen LogP contribution in [-0.2, 0) is 6.18 Å². The van der Waals surface area contributed by atoms with Crippen LogP contribution in [-0.4, -0.2) is 48.6 Å². The van der Waals surface area contributed by atoms with E-state index in [0.717, 1.165) is 50.3 Å². The summed E-state index contributed by atoms with van der Waals surface area (Å²) in [6.45, 7) is 8.60. The third-order valence-electron chi connectivity index (χ3n) is 4.78. The molecule has 2 atom stereocenters. The van der Waals surface area contributed by atoms with Crippen molar-refractivity contribution in [1.29, 1.82) is 0 Å². The number of alkyl halides is 3. The van der Waals surface area contributed by atoms with E-state index in [1.165, 1.54) is 0 Å². The molecule has 0 saturated carbocycles. The highest BCUT2D eigenvalue weighted by Crippen LogP contribution is 2.31. The van der Waals surface area contributed by atoms with E-state index >= 15 is 0 Å². The molecule has 2 N–H and O–H groups in total. The number of hydrogen-bond acceptors (Lipinski definition) is 3. The lowest BCUT2D eigenvalue weighted by Crippen LogP contribution is -2.54. The minimum absolute atomic E-state index is 0.0266. The number of hydrogen-bond donors (Lipinski definition) is 1. The molecule has 1 aliphatic heterocycles. The Morgan fingerprint density at radius 2 is 1.83 bits per heavy atom. The van der Waals surface area contributed by atoms with Gasteiger partial charge in [0.1, 0.15) is 0 Å². The lowest BCUT2D eigenvalue weighted by Gasteiger charge is -2.45. The Labute approximate surface area is 136 Å². The van der Waals surface area contributed by atoms with Gasteiger partial charge in [0.2, 0.25) is 0 Å². The van der Waals surface area contributed by atoms with Crippen molar-refractivity contribution in [2.24, 2.45) is 5.73 Å². The Kier molecular flexibility index (Phi) is 6.06.